The van der Waals surface area contributed by atoms with Crippen molar-refractivity contribution < 1.29 is 9.59 Å². The molecule has 7 heteroatoms. The van der Waals surface area contributed by atoms with E-state index >= 15 is 0 Å². The molecule has 3 N–H and O–H groups in total. The number of hydrogen-bond acceptors (Lipinski definition) is 4. The van der Waals surface area contributed by atoms with Crippen molar-refractivity contribution >= 4 is 23.2 Å². The Morgan fingerprint density at radius 3 is 2.56 bits per heavy atom. The molecule has 3 rings (SSSR count). The first-order valence-corrected chi connectivity index (χ1v) is 8.70. The molecule has 0 fully saturated rings. The largest absolute Gasteiger partial charge is 0.279 e. The molecular weight excluding hydrogens is 336 g/mol. The van der Waals surface area contributed by atoms with Crippen LogP contribution < -0.4 is 10.9 Å². The minimum atomic E-state index is -0.426. The minimum absolute atomic E-state index is 0.328. The van der Waals surface area contributed by atoms with Gasteiger partial charge in [0.05, 0.1) is 22.3 Å². The zero-order chi connectivity index (χ0) is 17.8. The van der Waals surface area contributed by atoms with E-state index in [1.165, 1.54) is 17.5 Å². The van der Waals surface area contributed by atoms with Gasteiger partial charge in [0.1, 0.15) is 0 Å². The van der Waals surface area contributed by atoms with Crippen molar-refractivity contribution in [2.45, 2.75) is 20.3 Å². The van der Waals surface area contributed by atoms with Crippen LogP contribution in [0.1, 0.15) is 37.4 Å². The van der Waals surface area contributed by atoms with Gasteiger partial charge < -0.3 is 0 Å². The van der Waals surface area contributed by atoms with Crippen LogP contribution in [0.3, 0.4) is 0 Å². The molecule has 128 valence electrons. The monoisotopic (exact) mass is 354 g/mol. The fraction of sp³-hybridized carbons (Fsp3) is 0.167. The molecule has 2 aromatic heterocycles. The number of hydrogen-bond donors (Lipinski definition) is 3. The zero-order valence-corrected chi connectivity index (χ0v) is 14.7. The number of aromatic nitrogens is 2. The van der Waals surface area contributed by atoms with Gasteiger partial charge >= 0.3 is 0 Å². The average molecular weight is 354 g/mol. The van der Waals surface area contributed by atoms with E-state index in [0.717, 1.165) is 22.4 Å². The number of thiophene rings is 1. The zero-order valence-electron chi connectivity index (χ0n) is 13.9. The van der Waals surface area contributed by atoms with Crippen LogP contribution in [0.2, 0.25) is 0 Å². The van der Waals surface area contributed by atoms with Gasteiger partial charge in [-0.25, -0.2) is 0 Å². The maximum atomic E-state index is 12.4. The molecule has 2 amide bonds. The number of benzene rings is 1. The number of aromatic amines is 1. The van der Waals surface area contributed by atoms with E-state index in [-0.39, 0.29) is 5.91 Å². The highest BCUT2D eigenvalue weighted by molar-refractivity contribution is 7.14. The van der Waals surface area contributed by atoms with E-state index < -0.39 is 5.91 Å². The number of nitrogens with zero attached hydrogens (tertiary/aromatic N) is 1. The van der Waals surface area contributed by atoms with Gasteiger partial charge in [-0.3, -0.25) is 25.5 Å². The Bertz CT molecular complexity index is 899. The lowest BCUT2D eigenvalue weighted by Gasteiger charge is -2.06. The molecular formula is C18H18N4O2S. The van der Waals surface area contributed by atoms with Crippen LogP contribution in [0, 0.1) is 6.92 Å². The molecule has 2 heterocycles. The Kier molecular flexibility index (Phi) is 4.95. The quantitative estimate of drug-likeness (QED) is 0.629. The SMILES string of the molecule is CCc1sc(C(=O)NNC(=O)c2cn[nH]c2-c2ccccc2)cc1C. The highest BCUT2D eigenvalue weighted by atomic mass is 32.1. The molecule has 0 saturated heterocycles. The van der Waals surface area contributed by atoms with E-state index in [1.54, 1.807) is 0 Å². The van der Waals surface area contributed by atoms with Gasteiger partial charge in [-0.15, -0.1) is 11.3 Å². The molecule has 0 bridgehead atoms. The molecule has 0 aliphatic heterocycles. The fourth-order valence-electron chi connectivity index (χ4n) is 2.51. The van der Waals surface area contributed by atoms with Crippen LogP contribution in [-0.4, -0.2) is 22.0 Å². The van der Waals surface area contributed by atoms with Crippen molar-refractivity contribution in [1.29, 1.82) is 0 Å². The molecule has 0 aliphatic carbocycles. The van der Waals surface area contributed by atoms with E-state index in [1.807, 2.05) is 50.2 Å². The van der Waals surface area contributed by atoms with Crippen LogP contribution in [0.15, 0.2) is 42.6 Å². The third kappa shape index (κ3) is 3.61. The summed E-state index contributed by atoms with van der Waals surface area (Å²) in [6.45, 7) is 4.02. The van der Waals surface area contributed by atoms with Gasteiger partial charge in [0.25, 0.3) is 11.8 Å². The number of H-pyrrole nitrogens is 1. The summed E-state index contributed by atoms with van der Waals surface area (Å²) in [4.78, 5) is 26.3. The standard InChI is InChI=1S/C18H18N4O2S/c1-3-14-11(2)9-15(25-14)18(24)22-21-17(23)13-10-19-20-16(13)12-7-5-4-6-8-12/h4-10H,3H2,1-2H3,(H,19,20)(H,21,23)(H,22,24). The highest BCUT2D eigenvalue weighted by Gasteiger charge is 2.17. The molecule has 6 nitrogen and oxygen atoms in total. The number of rotatable bonds is 4. The molecule has 1 aromatic carbocycles. The second-order valence-electron chi connectivity index (χ2n) is 5.50. The first-order chi connectivity index (χ1) is 12.1. The molecule has 0 spiro atoms. The molecule has 25 heavy (non-hydrogen) atoms. The Balaban J connectivity index is 1.69. The molecule has 0 aliphatic rings. The fourth-order valence-corrected chi connectivity index (χ4v) is 3.52. The van der Waals surface area contributed by atoms with Crippen molar-refractivity contribution in [3.8, 4) is 11.3 Å². The number of carbonyl (C=O) groups is 2. The van der Waals surface area contributed by atoms with Gasteiger partial charge in [-0.05, 0) is 25.0 Å². The number of hydrazine groups is 1. The van der Waals surface area contributed by atoms with Gasteiger partial charge in [0, 0.05) is 10.4 Å². The van der Waals surface area contributed by atoms with E-state index in [9.17, 15) is 9.59 Å². The predicted octanol–water partition coefficient (Wildman–Crippen LogP) is 3.08. The van der Waals surface area contributed by atoms with Crippen LogP contribution in [0.4, 0.5) is 0 Å². The Morgan fingerprint density at radius 2 is 1.88 bits per heavy atom. The summed E-state index contributed by atoms with van der Waals surface area (Å²) in [5, 5.41) is 6.75. The average Bonchev–Trinajstić information content (AvgIpc) is 3.26. The topological polar surface area (TPSA) is 86.9 Å². The first-order valence-electron chi connectivity index (χ1n) is 7.89. The smallest absolute Gasteiger partial charge is 0.277 e. The van der Waals surface area contributed by atoms with Gasteiger partial charge in [0.2, 0.25) is 0 Å². The van der Waals surface area contributed by atoms with Crippen molar-refractivity contribution in [2.24, 2.45) is 0 Å². The molecule has 3 aromatic rings. The number of nitrogens with one attached hydrogen (secondary N) is 3. The highest BCUT2D eigenvalue weighted by Crippen LogP contribution is 2.22. The van der Waals surface area contributed by atoms with Gasteiger partial charge in [-0.1, -0.05) is 37.3 Å². The summed E-state index contributed by atoms with van der Waals surface area (Å²) in [6.07, 6.45) is 2.32. The Labute approximate surface area is 149 Å². The van der Waals surface area contributed by atoms with Crippen molar-refractivity contribution in [3.63, 3.8) is 0 Å². The Morgan fingerprint density at radius 1 is 1.16 bits per heavy atom. The van der Waals surface area contributed by atoms with Crippen molar-refractivity contribution in [1.82, 2.24) is 21.0 Å². The molecule has 0 atom stereocenters. The molecule has 0 radical (unpaired) electrons. The number of amides is 2. The number of aryl methyl sites for hydroxylation is 2. The molecule has 0 saturated carbocycles. The second kappa shape index (κ2) is 7.31. The minimum Gasteiger partial charge on any atom is -0.277 e. The van der Waals surface area contributed by atoms with Crippen molar-refractivity contribution in [2.75, 3.05) is 0 Å². The summed E-state index contributed by atoms with van der Waals surface area (Å²) in [5.41, 5.74) is 7.81. The van der Waals surface area contributed by atoms with Crippen LogP contribution in [-0.2, 0) is 6.42 Å². The number of carbonyl (C=O) groups excluding carboxylic acids is 2. The summed E-state index contributed by atoms with van der Waals surface area (Å²) >= 11 is 1.43. The van der Waals surface area contributed by atoms with E-state index in [4.69, 9.17) is 0 Å². The Hall–Kier alpha value is -2.93. The van der Waals surface area contributed by atoms with Crippen molar-refractivity contribution in [3.05, 3.63) is 63.5 Å². The van der Waals surface area contributed by atoms with Crippen LogP contribution in [0.5, 0.6) is 0 Å². The van der Waals surface area contributed by atoms with Gasteiger partial charge in [0.15, 0.2) is 0 Å². The third-order valence-electron chi connectivity index (χ3n) is 3.80. The maximum Gasteiger partial charge on any atom is 0.279 e. The summed E-state index contributed by atoms with van der Waals surface area (Å²) < 4.78 is 0. The first kappa shape index (κ1) is 16.9. The lowest BCUT2D eigenvalue weighted by molar-refractivity contribution is 0.0849. The van der Waals surface area contributed by atoms with E-state index in [0.29, 0.717) is 16.1 Å². The predicted molar refractivity (Wildman–Crippen MR) is 97.4 cm³/mol. The lowest BCUT2D eigenvalue weighted by atomic mass is 10.1. The third-order valence-corrected chi connectivity index (χ3v) is 5.18. The van der Waals surface area contributed by atoms with Crippen LogP contribution in [0.25, 0.3) is 11.3 Å². The van der Waals surface area contributed by atoms with E-state index in [2.05, 4.69) is 21.0 Å². The summed E-state index contributed by atoms with van der Waals surface area (Å²) in [7, 11) is 0. The maximum absolute atomic E-state index is 12.4. The van der Waals surface area contributed by atoms with Gasteiger partial charge in [-0.2, -0.15) is 5.10 Å². The lowest BCUT2D eigenvalue weighted by Crippen LogP contribution is -2.41. The normalized spacial score (nSPS) is 10.5. The van der Waals surface area contributed by atoms with Crippen LogP contribution >= 0.6 is 11.3 Å². The summed E-state index contributed by atoms with van der Waals surface area (Å²) in [5.74, 6) is -0.754. The second-order valence-corrected chi connectivity index (χ2v) is 6.64. The summed E-state index contributed by atoms with van der Waals surface area (Å²) in [6, 6.07) is 11.2. The molecule has 0 unspecified atom stereocenters.